The van der Waals surface area contributed by atoms with Crippen LogP contribution in [0.3, 0.4) is 0 Å². The number of ether oxygens (including phenoxy) is 3. The monoisotopic (exact) mass is 635 g/mol. The molecule has 0 spiro atoms. The minimum atomic E-state index is -1.92. The summed E-state index contributed by atoms with van der Waals surface area (Å²) >= 11 is 0. The van der Waals surface area contributed by atoms with E-state index in [0.29, 0.717) is 5.56 Å². The van der Waals surface area contributed by atoms with Gasteiger partial charge in [0.05, 0.1) is 19.1 Å². The van der Waals surface area contributed by atoms with Crippen LogP contribution in [0.2, 0.25) is 0 Å². The maximum atomic E-state index is 14.7. The van der Waals surface area contributed by atoms with Crippen molar-refractivity contribution < 1.29 is 33.4 Å². The molecule has 2 fully saturated rings. The third kappa shape index (κ3) is 7.03. The summed E-state index contributed by atoms with van der Waals surface area (Å²) in [5, 5.41) is 2.06. The van der Waals surface area contributed by atoms with Gasteiger partial charge >= 0.3 is 17.9 Å². The lowest BCUT2D eigenvalue weighted by Crippen LogP contribution is -2.59. The second-order valence-electron chi connectivity index (χ2n) is 14.9. The Labute approximate surface area is 275 Å². The van der Waals surface area contributed by atoms with Crippen LogP contribution in [0.25, 0.3) is 0 Å². The van der Waals surface area contributed by atoms with Crippen molar-refractivity contribution in [1.82, 2.24) is 5.06 Å². The van der Waals surface area contributed by atoms with Crippen LogP contribution in [0.4, 0.5) is 0 Å². The maximum absolute atomic E-state index is 14.7. The Hall–Kier alpha value is -3.23. The lowest BCUT2D eigenvalue weighted by atomic mass is 9.65. The van der Waals surface area contributed by atoms with E-state index in [1.165, 1.54) is 0 Å². The molecule has 4 atom stereocenters. The molecule has 4 rings (SSSR count). The van der Waals surface area contributed by atoms with Gasteiger partial charge in [-0.25, -0.2) is 0 Å². The van der Waals surface area contributed by atoms with E-state index in [1.54, 1.807) is 13.8 Å². The summed E-state index contributed by atoms with van der Waals surface area (Å²) in [5.74, 6) is -4.56. The molecule has 0 aromatic heterocycles. The SMILES string of the molecule is CCOC(=O)C1(C(=O)OCC)[C@@H]([C@@H](ON2C(C)(C)CCCC2(C)C)c2ccccc2)C[C@H](C(=O)OC(C)(C)C)[C@H]1c1ccccc1. The van der Waals surface area contributed by atoms with Crippen LogP contribution in [0, 0.1) is 17.3 Å². The largest absolute Gasteiger partial charge is 0.465 e. The molecule has 1 aliphatic heterocycles. The third-order valence-corrected chi connectivity index (χ3v) is 9.47. The molecular formula is C38H53NO7. The van der Waals surface area contributed by atoms with E-state index in [2.05, 4.69) is 32.8 Å². The number of hydrogen-bond donors (Lipinski definition) is 0. The van der Waals surface area contributed by atoms with Crippen molar-refractivity contribution in [1.29, 1.82) is 0 Å². The smallest absolute Gasteiger partial charge is 0.324 e. The molecule has 8 heteroatoms. The van der Waals surface area contributed by atoms with Crippen LogP contribution in [0.5, 0.6) is 0 Å². The molecule has 1 saturated heterocycles. The van der Waals surface area contributed by atoms with Crippen LogP contribution in [0.15, 0.2) is 60.7 Å². The minimum absolute atomic E-state index is 0.0500. The standard InChI is InChI=1S/C38H53NO7/c1-10-43-33(41)38(34(42)44-11-2)29(25-28(32(40)45-35(3,4)5)30(38)26-19-14-12-15-20-26)31(27-21-16-13-17-22-27)46-39-36(6,7)23-18-24-37(39,8)9/h12-17,19-22,28-31H,10-11,18,23-25H2,1-9H3/t28-,29+,30+,31-/m0/s1. The second-order valence-corrected chi connectivity index (χ2v) is 14.9. The van der Waals surface area contributed by atoms with Gasteiger partial charge in [0.2, 0.25) is 0 Å². The second kappa shape index (κ2) is 13.9. The highest BCUT2D eigenvalue weighted by Crippen LogP contribution is 2.62. The van der Waals surface area contributed by atoms with Crippen LogP contribution in [-0.4, -0.2) is 52.9 Å². The van der Waals surface area contributed by atoms with Gasteiger partial charge < -0.3 is 14.2 Å². The summed E-state index contributed by atoms with van der Waals surface area (Å²) in [5.41, 5.74) is -1.93. The predicted octanol–water partition coefficient (Wildman–Crippen LogP) is 7.58. The molecule has 2 aliphatic rings. The van der Waals surface area contributed by atoms with Crippen molar-refractivity contribution in [2.45, 2.75) is 117 Å². The van der Waals surface area contributed by atoms with Crippen LogP contribution in [0.1, 0.15) is 111 Å². The van der Waals surface area contributed by atoms with Gasteiger partial charge in [0.25, 0.3) is 0 Å². The van der Waals surface area contributed by atoms with Gasteiger partial charge in [0, 0.05) is 22.9 Å². The molecular weight excluding hydrogens is 582 g/mol. The van der Waals surface area contributed by atoms with Crippen LogP contribution >= 0.6 is 0 Å². The van der Waals surface area contributed by atoms with Crippen LogP contribution < -0.4 is 0 Å². The molecule has 1 aliphatic carbocycles. The van der Waals surface area contributed by atoms with Crippen molar-refractivity contribution in [2.24, 2.45) is 17.3 Å². The van der Waals surface area contributed by atoms with Crippen molar-refractivity contribution in [2.75, 3.05) is 13.2 Å². The first kappa shape index (κ1) is 35.6. The molecule has 1 saturated carbocycles. The average molecular weight is 636 g/mol. The number of hydroxylamine groups is 2. The number of esters is 3. The van der Waals surface area contributed by atoms with Crippen molar-refractivity contribution in [3.8, 4) is 0 Å². The molecule has 252 valence electrons. The number of carbonyl (C=O) groups excluding carboxylic acids is 3. The molecule has 0 amide bonds. The van der Waals surface area contributed by atoms with Gasteiger partial charge in [0.1, 0.15) is 11.7 Å². The fourth-order valence-electron chi connectivity index (χ4n) is 7.80. The molecule has 0 N–H and O–H groups in total. The van der Waals surface area contributed by atoms with Crippen LogP contribution in [-0.2, 0) is 33.4 Å². The van der Waals surface area contributed by atoms with Crippen molar-refractivity contribution in [3.05, 3.63) is 71.8 Å². The highest BCUT2D eigenvalue weighted by Gasteiger charge is 2.71. The number of carbonyl (C=O) groups is 3. The zero-order valence-corrected chi connectivity index (χ0v) is 29.1. The zero-order valence-electron chi connectivity index (χ0n) is 29.1. The first-order valence-electron chi connectivity index (χ1n) is 16.7. The molecule has 8 nitrogen and oxygen atoms in total. The number of rotatable bonds is 10. The van der Waals surface area contributed by atoms with E-state index in [1.807, 2.05) is 81.4 Å². The highest BCUT2D eigenvalue weighted by molar-refractivity contribution is 6.03. The number of hydrogen-bond acceptors (Lipinski definition) is 8. The molecule has 2 aromatic rings. The third-order valence-electron chi connectivity index (χ3n) is 9.47. The fourth-order valence-corrected chi connectivity index (χ4v) is 7.80. The summed E-state index contributed by atoms with van der Waals surface area (Å²) in [4.78, 5) is 50.7. The van der Waals surface area contributed by atoms with E-state index >= 15 is 0 Å². The first-order chi connectivity index (χ1) is 21.6. The lowest BCUT2D eigenvalue weighted by molar-refractivity contribution is -0.319. The Balaban J connectivity index is 2.04. The molecule has 0 bridgehead atoms. The summed E-state index contributed by atoms with van der Waals surface area (Å²) < 4.78 is 17.6. The van der Waals surface area contributed by atoms with Crippen molar-refractivity contribution >= 4 is 17.9 Å². The lowest BCUT2D eigenvalue weighted by Gasteiger charge is -2.53. The Bertz CT molecular complexity index is 1310. The van der Waals surface area contributed by atoms with Gasteiger partial charge in [-0.3, -0.25) is 19.2 Å². The Kier molecular flexibility index (Phi) is 10.7. The highest BCUT2D eigenvalue weighted by atomic mass is 16.7. The number of nitrogens with zero attached hydrogens (tertiary/aromatic N) is 1. The predicted molar refractivity (Wildman–Crippen MR) is 176 cm³/mol. The van der Waals surface area contributed by atoms with Gasteiger partial charge in [0.15, 0.2) is 5.41 Å². The van der Waals surface area contributed by atoms with E-state index in [-0.39, 0.29) is 30.7 Å². The average Bonchev–Trinajstić information content (AvgIpc) is 3.34. The quantitative estimate of drug-likeness (QED) is 0.150. The van der Waals surface area contributed by atoms with Gasteiger partial charge in [-0.2, -0.15) is 5.06 Å². The van der Waals surface area contributed by atoms with E-state index < -0.39 is 52.8 Å². The Morgan fingerprint density at radius 1 is 0.826 bits per heavy atom. The molecule has 0 unspecified atom stereocenters. The number of piperidine rings is 1. The van der Waals surface area contributed by atoms with E-state index in [9.17, 15) is 14.4 Å². The molecule has 46 heavy (non-hydrogen) atoms. The van der Waals surface area contributed by atoms with Crippen molar-refractivity contribution in [3.63, 3.8) is 0 Å². The molecule has 0 radical (unpaired) electrons. The van der Waals surface area contributed by atoms with Gasteiger partial charge in [-0.15, -0.1) is 0 Å². The summed E-state index contributed by atoms with van der Waals surface area (Å²) in [6.45, 7) is 17.6. The first-order valence-corrected chi connectivity index (χ1v) is 16.7. The normalized spacial score (nSPS) is 24.5. The molecule has 1 heterocycles. The Morgan fingerprint density at radius 2 is 1.33 bits per heavy atom. The van der Waals surface area contributed by atoms with E-state index in [4.69, 9.17) is 19.0 Å². The van der Waals surface area contributed by atoms with Gasteiger partial charge in [-0.1, -0.05) is 60.7 Å². The number of benzene rings is 2. The Morgan fingerprint density at radius 3 is 1.80 bits per heavy atom. The maximum Gasteiger partial charge on any atom is 0.324 e. The zero-order chi connectivity index (χ0) is 33.9. The summed E-state index contributed by atoms with van der Waals surface area (Å²) in [7, 11) is 0. The fraction of sp³-hybridized carbons (Fsp3) is 0.605. The molecule has 2 aromatic carbocycles. The van der Waals surface area contributed by atoms with E-state index in [0.717, 1.165) is 24.8 Å². The topological polar surface area (TPSA) is 91.4 Å². The minimum Gasteiger partial charge on any atom is -0.465 e. The summed E-state index contributed by atoms with van der Waals surface area (Å²) in [6.07, 6.45) is 2.21. The summed E-state index contributed by atoms with van der Waals surface area (Å²) in [6, 6.07) is 18.9. The van der Waals surface area contributed by atoms with Gasteiger partial charge in [-0.05, 0) is 99.1 Å².